The van der Waals surface area contributed by atoms with Gasteiger partial charge in [-0.2, -0.15) is 0 Å². The van der Waals surface area contributed by atoms with Crippen molar-refractivity contribution in [2.24, 2.45) is 5.41 Å². The van der Waals surface area contributed by atoms with Crippen molar-refractivity contribution in [3.05, 3.63) is 78.2 Å². The van der Waals surface area contributed by atoms with E-state index in [-0.39, 0.29) is 23.8 Å². The van der Waals surface area contributed by atoms with Gasteiger partial charge in [-0.1, -0.05) is 18.6 Å². The van der Waals surface area contributed by atoms with E-state index in [4.69, 9.17) is 15.2 Å². The average molecular weight is 530 g/mol. The number of fused-ring (bicyclic) bond motifs is 9. The van der Waals surface area contributed by atoms with Crippen molar-refractivity contribution in [3.63, 3.8) is 0 Å². The molecular weight excluding hydrogens is 494 g/mol. The van der Waals surface area contributed by atoms with Crippen molar-refractivity contribution in [1.82, 2.24) is 19.8 Å². The van der Waals surface area contributed by atoms with Gasteiger partial charge >= 0.3 is 0 Å². The second-order valence-corrected chi connectivity index (χ2v) is 10.3. The molecule has 0 unspecified atom stereocenters. The molecule has 1 saturated heterocycles. The fourth-order valence-electron chi connectivity index (χ4n) is 5.36. The van der Waals surface area contributed by atoms with Crippen LogP contribution in [0.15, 0.2) is 67.1 Å². The molecule has 2 bridgehead atoms. The Kier molecular flexibility index (Phi) is 8.24. The number of nitrogen functional groups attached to an aromatic ring is 1. The van der Waals surface area contributed by atoms with E-state index in [1.54, 1.807) is 29.4 Å². The number of pyridine rings is 2. The molecule has 5 heterocycles. The topological polar surface area (TPSA) is 111 Å². The molecule has 0 radical (unpaired) electrons. The molecule has 3 aromatic rings. The summed E-state index contributed by atoms with van der Waals surface area (Å²) in [6.07, 6.45) is 9.41. The van der Waals surface area contributed by atoms with Gasteiger partial charge in [0, 0.05) is 37.4 Å². The van der Waals surface area contributed by atoms with Crippen molar-refractivity contribution in [2.45, 2.75) is 32.1 Å². The van der Waals surface area contributed by atoms with Gasteiger partial charge in [0.05, 0.1) is 30.5 Å². The molecule has 9 nitrogen and oxygen atoms in total. The molecule has 9 heteroatoms. The quantitative estimate of drug-likeness (QED) is 0.542. The summed E-state index contributed by atoms with van der Waals surface area (Å²) in [5, 5.41) is 0. The minimum absolute atomic E-state index is 0.0249. The number of piperidine rings is 1. The number of ether oxygens (including phenoxy) is 2. The summed E-state index contributed by atoms with van der Waals surface area (Å²) in [6, 6.07) is 14.5. The van der Waals surface area contributed by atoms with Gasteiger partial charge in [-0.3, -0.25) is 14.6 Å². The molecule has 6 rings (SSSR count). The fraction of sp³-hybridized carbons (Fsp3) is 0.400. The van der Waals surface area contributed by atoms with Crippen molar-refractivity contribution >= 4 is 17.6 Å². The number of carbonyl (C=O) groups excluding carboxylic acids is 2. The summed E-state index contributed by atoms with van der Waals surface area (Å²) in [5.41, 5.74) is 6.70. The summed E-state index contributed by atoms with van der Waals surface area (Å²) in [5.74, 6) is 1.53. The number of benzene rings is 1. The molecule has 1 aromatic carbocycles. The maximum atomic E-state index is 13.5. The number of rotatable bonds is 4. The van der Waals surface area contributed by atoms with Gasteiger partial charge in [-0.15, -0.1) is 0 Å². The van der Waals surface area contributed by atoms with Gasteiger partial charge in [-0.05, 0) is 62.1 Å². The monoisotopic (exact) mass is 529 g/mol. The number of nitrogens with two attached hydrogens (primary N) is 1. The largest absolute Gasteiger partial charge is 0.491 e. The van der Waals surface area contributed by atoms with E-state index < -0.39 is 0 Å². The van der Waals surface area contributed by atoms with E-state index in [1.807, 2.05) is 41.3 Å². The van der Waals surface area contributed by atoms with Crippen LogP contribution in [0.25, 0.3) is 0 Å². The molecule has 3 aliphatic heterocycles. The molecule has 3 aliphatic rings. The molecule has 0 aliphatic carbocycles. The number of anilines is 1. The summed E-state index contributed by atoms with van der Waals surface area (Å²) in [7, 11) is 0. The normalized spacial score (nSPS) is 17.9. The highest BCUT2D eigenvalue weighted by Crippen LogP contribution is 2.38. The van der Waals surface area contributed by atoms with Crippen molar-refractivity contribution in [3.8, 4) is 11.5 Å². The van der Waals surface area contributed by atoms with Crippen molar-refractivity contribution in [1.29, 1.82) is 0 Å². The maximum absolute atomic E-state index is 13.5. The lowest BCUT2D eigenvalue weighted by molar-refractivity contribution is 0.0358. The van der Waals surface area contributed by atoms with E-state index in [0.717, 1.165) is 37.9 Å². The van der Waals surface area contributed by atoms with Gasteiger partial charge in [-0.25, -0.2) is 4.98 Å². The van der Waals surface area contributed by atoms with E-state index in [0.29, 0.717) is 55.5 Å². The molecule has 0 atom stereocenters. The van der Waals surface area contributed by atoms with Crippen LogP contribution >= 0.6 is 0 Å². The van der Waals surface area contributed by atoms with Crippen LogP contribution in [0.4, 0.5) is 5.82 Å². The minimum Gasteiger partial charge on any atom is -0.491 e. The van der Waals surface area contributed by atoms with Crippen LogP contribution in [0.1, 0.15) is 52.8 Å². The third-order valence-corrected chi connectivity index (χ3v) is 7.73. The number of nitrogens with zero attached hydrogens (tertiary/aromatic N) is 4. The predicted molar refractivity (Wildman–Crippen MR) is 148 cm³/mol. The standard InChI is InChI=1S/C30H35N5O4/c31-27-10-9-23(20-33-27)28(36)34-15-4-3-11-30(22-39-24-6-5-14-32-21-24)12-16-35(17-13-30)29(37)25-7-1-2-8-26(25)38-19-18-34/h1-2,5-10,14,20-21H,3-4,11-13,15-19,22H2,(H2,31,33). The van der Waals surface area contributed by atoms with Crippen LogP contribution < -0.4 is 15.2 Å². The van der Waals surface area contributed by atoms with E-state index in [1.165, 1.54) is 6.20 Å². The van der Waals surface area contributed by atoms with Gasteiger partial charge in [0.2, 0.25) is 0 Å². The number of amides is 2. The Morgan fingerprint density at radius 3 is 2.59 bits per heavy atom. The Balaban J connectivity index is 1.37. The third-order valence-electron chi connectivity index (χ3n) is 7.73. The zero-order valence-electron chi connectivity index (χ0n) is 22.1. The van der Waals surface area contributed by atoms with Crippen LogP contribution in [0, 0.1) is 5.41 Å². The molecule has 0 saturated carbocycles. The number of aromatic nitrogens is 2. The maximum Gasteiger partial charge on any atom is 0.257 e. The van der Waals surface area contributed by atoms with Crippen LogP contribution in [-0.4, -0.2) is 71.0 Å². The van der Waals surface area contributed by atoms with Crippen LogP contribution in [0.2, 0.25) is 0 Å². The summed E-state index contributed by atoms with van der Waals surface area (Å²) in [6.45, 7) is 3.17. The van der Waals surface area contributed by atoms with Gasteiger partial charge in [0.15, 0.2) is 0 Å². The Hall–Kier alpha value is -4.14. The molecule has 2 amide bonds. The first-order valence-corrected chi connectivity index (χ1v) is 13.6. The lowest BCUT2D eigenvalue weighted by atomic mass is 9.75. The lowest BCUT2D eigenvalue weighted by Crippen LogP contribution is -2.45. The van der Waals surface area contributed by atoms with Crippen LogP contribution in [0.3, 0.4) is 0 Å². The second-order valence-electron chi connectivity index (χ2n) is 10.3. The lowest BCUT2D eigenvalue weighted by Gasteiger charge is -2.42. The van der Waals surface area contributed by atoms with E-state index in [2.05, 4.69) is 9.97 Å². The van der Waals surface area contributed by atoms with Gasteiger partial charge in [0.25, 0.3) is 11.8 Å². The van der Waals surface area contributed by atoms with Gasteiger partial charge in [0.1, 0.15) is 23.9 Å². The third kappa shape index (κ3) is 6.47. The molecule has 0 spiro atoms. The molecule has 1 fully saturated rings. The zero-order valence-corrected chi connectivity index (χ0v) is 22.1. The Morgan fingerprint density at radius 2 is 1.82 bits per heavy atom. The van der Waals surface area contributed by atoms with E-state index in [9.17, 15) is 9.59 Å². The molecule has 204 valence electrons. The molecule has 39 heavy (non-hydrogen) atoms. The second kappa shape index (κ2) is 12.1. The Morgan fingerprint density at radius 1 is 0.974 bits per heavy atom. The van der Waals surface area contributed by atoms with E-state index >= 15 is 0 Å². The number of para-hydroxylation sites is 1. The van der Waals surface area contributed by atoms with Gasteiger partial charge < -0.3 is 25.0 Å². The number of hydrogen-bond acceptors (Lipinski definition) is 7. The minimum atomic E-state index is -0.110. The fourth-order valence-corrected chi connectivity index (χ4v) is 5.36. The average Bonchev–Trinajstić information content (AvgIpc) is 2.98. The Bertz CT molecular complexity index is 1260. The summed E-state index contributed by atoms with van der Waals surface area (Å²) >= 11 is 0. The first-order chi connectivity index (χ1) is 19.0. The molecule has 2 N–H and O–H groups in total. The smallest absolute Gasteiger partial charge is 0.257 e. The highest BCUT2D eigenvalue weighted by Gasteiger charge is 2.37. The van der Waals surface area contributed by atoms with Crippen LogP contribution in [0.5, 0.6) is 11.5 Å². The SMILES string of the molecule is Nc1ccc(C(=O)N2CCCCC3(COc4cccnc4)CCN(CC3)C(=O)c3ccccc3OCC2)cn1. The first-order valence-electron chi connectivity index (χ1n) is 13.6. The summed E-state index contributed by atoms with van der Waals surface area (Å²) in [4.78, 5) is 38.9. The molecule has 2 aromatic heterocycles. The highest BCUT2D eigenvalue weighted by molar-refractivity contribution is 5.97. The number of carbonyl (C=O) groups is 2. The highest BCUT2D eigenvalue weighted by atomic mass is 16.5. The first kappa shape index (κ1) is 26.5. The predicted octanol–water partition coefficient (Wildman–Crippen LogP) is 4.07. The van der Waals surface area contributed by atoms with Crippen molar-refractivity contribution in [2.75, 3.05) is 45.1 Å². The van der Waals surface area contributed by atoms with Crippen LogP contribution in [-0.2, 0) is 0 Å². The summed E-state index contributed by atoms with van der Waals surface area (Å²) < 4.78 is 12.3. The van der Waals surface area contributed by atoms with Crippen molar-refractivity contribution < 1.29 is 19.1 Å². The molecular formula is C30H35N5O4. The zero-order chi connectivity index (χ0) is 27.1. The Labute approximate surface area is 228 Å². The number of hydrogen-bond donors (Lipinski definition) is 1.